The highest BCUT2D eigenvalue weighted by atomic mass is 16.3. The molecule has 0 saturated heterocycles. The number of aromatic nitrogens is 1. The van der Waals surface area contributed by atoms with Crippen LogP contribution in [-0.4, -0.2) is 18.6 Å². The van der Waals surface area contributed by atoms with Gasteiger partial charge in [-0.1, -0.05) is 18.2 Å². The van der Waals surface area contributed by atoms with Crippen molar-refractivity contribution in [2.24, 2.45) is 0 Å². The highest BCUT2D eigenvalue weighted by molar-refractivity contribution is 5.57. The number of rotatable bonds is 4. The molecule has 78 valence electrons. The summed E-state index contributed by atoms with van der Waals surface area (Å²) in [7, 11) is 1.96. The topological polar surface area (TPSA) is 38.1 Å². The molecule has 0 bridgehead atoms. The minimum atomic E-state index is 0.821. The number of nitrogens with one attached hydrogen (secondary N) is 1. The van der Waals surface area contributed by atoms with E-state index in [1.165, 1.54) is 12.0 Å². The van der Waals surface area contributed by atoms with Crippen LogP contribution in [0.3, 0.4) is 0 Å². The predicted octanol–water partition coefficient (Wildman–Crippen LogP) is 2.10. The first-order valence-corrected chi connectivity index (χ1v) is 5.02. The first-order chi connectivity index (χ1) is 7.40. The minimum absolute atomic E-state index is 0.821. The van der Waals surface area contributed by atoms with E-state index < -0.39 is 0 Å². The van der Waals surface area contributed by atoms with Gasteiger partial charge >= 0.3 is 0 Å². The lowest BCUT2D eigenvalue weighted by molar-refractivity contribution is 0.572. The molecule has 3 heteroatoms. The van der Waals surface area contributed by atoms with Crippen LogP contribution in [0.2, 0.25) is 0 Å². The van der Waals surface area contributed by atoms with Gasteiger partial charge in [-0.05, 0) is 31.6 Å². The summed E-state index contributed by atoms with van der Waals surface area (Å²) in [5.41, 5.74) is 2.39. The van der Waals surface area contributed by atoms with E-state index in [0.29, 0.717) is 0 Å². The van der Waals surface area contributed by atoms with Crippen molar-refractivity contribution in [1.29, 1.82) is 0 Å². The van der Waals surface area contributed by atoms with E-state index in [0.717, 1.165) is 24.3 Å². The average molecular weight is 202 g/mol. The average Bonchev–Trinajstić information content (AvgIpc) is 2.80. The molecule has 0 atom stereocenters. The number of hydrogen-bond acceptors (Lipinski definition) is 3. The van der Waals surface area contributed by atoms with Gasteiger partial charge in [0.25, 0.3) is 0 Å². The molecule has 0 saturated carbocycles. The number of oxazole rings is 1. The summed E-state index contributed by atoms with van der Waals surface area (Å²) in [6, 6.07) is 8.33. The fourth-order valence-electron chi connectivity index (χ4n) is 1.51. The van der Waals surface area contributed by atoms with Gasteiger partial charge in [-0.3, -0.25) is 0 Å². The maximum absolute atomic E-state index is 5.25. The van der Waals surface area contributed by atoms with Gasteiger partial charge in [0, 0.05) is 5.56 Å². The van der Waals surface area contributed by atoms with Crippen LogP contribution in [0.1, 0.15) is 5.56 Å². The molecule has 0 radical (unpaired) electrons. The van der Waals surface area contributed by atoms with Crippen LogP contribution < -0.4 is 5.32 Å². The van der Waals surface area contributed by atoms with Crippen LogP contribution in [0, 0.1) is 0 Å². The molecule has 0 spiro atoms. The molecule has 2 rings (SSSR count). The maximum Gasteiger partial charge on any atom is 0.181 e. The molecule has 0 fully saturated rings. The Labute approximate surface area is 89.1 Å². The van der Waals surface area contributed by atoms with Gasteiger partial charge in [-0.15, -0.1) is 0 Å². The third kappa shape index (κ3) is 2.44. The van der Waals surface area contributed by atoms with Gasteiger partial charge < -0.3 is 9.73 Å². The van der Waals surface area contributed by atoms with Gasteiger partial charge in [-0.25, -0.2) is 4.98 Å². The summed E-state index contributed by atoms with van der Waals surface area (Å²) in [5.74, 6) is 0.821. The first-order valence-electron chi connectivity index (χ1n) is 5.02. The van der Waals surface area contributed by atoms with Crippen LogP contribution in [0.5, 0.6) is 0 Å². The lowest BCUT2D eigenvalue weighted by atomic mass is 10.1. The number of hydrogen-bond donors (Lipinski definition) is 1. The van der Waals surface area contributed by atoms with Crippen LogP contribution in [0.4, 0.5) is 0 Å². The third-order valence-electron chi connectivity index (χ3n) is 2.31. The van der Waals surface area contributed by atoms with Gasteiger partial charge in [0.2, 0.25) is 0 Å². The van der Waals surface area contributed by atoms with Crippen molar-refractivity contribution in [1.82, 2.24) is 10.3 Å². The van der Waals surface area contributed by atoms with Gasteiger partial charge in [-0.2, -0.15) is 0 Å². The van der Waals surface area contributed by atoms with E-state index in [-0.39, 0.29) is 0 Å². The van der Waals surface area contributed by atoms with Crippen molar-refractivity contribution in [2.75, 3.05) is 13.6 Å². The molecule has 1 aromatic heterocycles. The summed E-state index contributed by atoms with van der Waals surface area (Å²) in [6.07, 6.45) is 4.21. The molecule has 0 amide bonds. The van der Waals surface area contributed by atoms with E-state index in [2.05, 4.69) is 22.4 Å². The Morgan fingerprint density at radius 1 is 1.40 bits per heavy atom. The van der Waals surface area contributed by atoms with Gasteiger partial charge in [0.05, 0.1) is 6.20 Å². The fourth-order valence-corrected chi connectivity index (χ4v) is 1.51. The third-order valence-corrected chi connectivity index (χ3v) is 2.31. The predicted molar refractivity (Wildman–Crippen MR) is 59.6 cm³/mol. The Morgan fingerprint density at radius 3 is 3.07 bits per heavy atom. The molecule has 1 aromatic carbocycles. The van der Waals surface area contributed by atoms with Crippen LogP contribution in [-0.2, 0) is 6.42 Å². The molecule has 1 N–H and O–H groups in total. The molecule has 2 aromatic rings. The van der Waals surface area contributed by atoms with Crippen molar-refractivity contribution in [3.05, 3.63) is 42.4 Å². The van der Waals surface area contributed by atoms with Crippen molar-refractivity contribution in [3.63, 3.8) is 0 Å². The first kappa shape index (κ1) is 9.93. The number of benzene rings is 1. The Bertz CT molecular complexity index is 409. The lowest BCUT2D eigenvalue weighted by Crippen LogP contribution is -2.10. The molecular weight excluding hydrogens is 188 g/mol. The van der Waals surface area contributed by atoms with E-state index >= 15 is 0 Å². The summed E-state index contributed by atoms with van der Waals surface area (Å²) in [5, 5.41) is 3.13. The van der Waals surface area contributed by atoms with Crippen molar-refractivity contribution < 1.29 is 4.42 Å². The molecule has 0 aliphatic rings. The Hall–Kier alpha value is -1.61. The maximum atomic E-state index is 5.25. The molecule has 15 heavy (non-hydrogen) atoms. The van der Waals surface area contributed by atoms with Crippen molar-refractivity contribution in [2.45, 2.75) is 6.42 Å². The fraction of sp³-hybridized carbons (Fsp3) is 0.250. The summed E-state index contributed by atoms with van der Waals surface area (Å²) in [4.78, 5) is 3.91. The monoisotopic (exact) mass is 202 g/mol. The largest absolute Gasteiger partial charge is 0.444 e. The molecule has 3 nitrogen and oxygen atoms in total. The van der Waals surface area contributed by atoms with Gasteiger partial charge in [0.15, 0.2) is 12.2 Å². The minimum Gasteiger partial charge on any atom is -0.444 e. The van der Waals surface area contributed by atoms with E-state index in [1.54, 1.807) is 6.20 Å². The molecule has 0 aliphatic heterocycles. The van der Waals surface area contributed by atoms with E-state index in [4.69, 9.17) is 4.42 Å². The quantitative estimate of drug-likeness (QED) is 0.825. The summed E-state index contributed by atoms with van der Waals surface area (Å²) in [6.45, 7) is 0.986. The van der Waals surface area contributed by atoms with Crippen LogP contribution in [0.25, 0.3) is 11.3 Å². The summed E-state index contributed by atoms with van der Waals surface area (Å²) >= 11 is 0. The Morgan fingerprint density at radius 2 is 2.33 bits per heavy atom. The second kappa shape index (κ2) is 4.75. The zero-order chi connectivity index (χ0) is 10.5. The van der Waals surface area contributed by atoms with Crippen LogP contribution in [0.15, 0.2) is 41.3 Å². The highest BCUT2D eigenvalue weighted by Crippen LogP contribution is 2.19. The smallest absolute Gasteiger partial charge is 0.181 e. The normalized spacial score (nSPS) is 10.5. The summed E-state index contributed by atoms with van der Waals surface area (Å²) < 4.78 is 5.25. The lowest BCUT2D eigenvalue weighted by Gasteiger charge is -2.02. The number of likely N-dealkylation sites (N-methyl/N-ethyl adjacent to an activating group) is 1. The van der Waals surface area contributed by atoms with Gasteiger partial charge in [0.1, 0.15) is 0 Å². The SMILES string of the molecule is CNCCc1cccc(-c2cnco2)c1. The standard InChI is InChI=1S/C12H14N2O/c1-13-6-5-10-3-2-4-11(7-10)12-8-14-9-15-12/h2-4,7-9,13H,5-6H2,1H3. The second-order valence-electron chi connectivity index (χ2n) is 3.42. The Balaban J connectivity index is 2.19. The molecule has 0 aliphatic carbocycles. The highest BCUT2D eigenvalue weighted by Gasteiger charge is 2.01. The van der Waals surface area contributed by atoms with Crippen molar-refractivity contribution in [3.8, 4) is 11.3 Å². The number of nitrogens with zero attached hydrogens (tertiary/aromatic N) is 1. The van der Waals surface area contributed by atoms with Crippen molar-refractivity contribution >= 4 is 0 Å². The molecule has 1 heterocycles. The zero-order valence-electron chi connectivity index (χ0n) is 8.73. The van der Waals surface area contributed by atoms with E-state index in [9.17, 15) is 0 Å². The molecule has 0 unspecified atom stereocenters. The molecular formula is C12H14N2O. The van der Waals surface area contributed by atoms with E-state index in [1.807, 2.05) is 19.2 Å². The zero-order valence-corrected chi connectivity index (χ0v) is 8.73. The van der Waals surface area contributed by atoms with Crippen LogP contribution >= 0.6 is 0 Å². The second-order valence-corrected chi connectivity index (χ2v) is 3.42. The Kier molecular flexibility index (Phi) is 3.15.